The van der Waals surface area contributed by atoms with E-state index in [9.17, 15) is 24.2 Å². The molecule has 0 aliphatic heterocycles. The van der Waals surface area contributed by atoms with Crippen molar-refractivity contribution in [1.82, 2.24) is 29.2 Å². The highest BCUT2D eigenvalue weighted by atomic mass is 35.5. The van der Waals surface area contributed by atoms with Gasteiger partial charge in [0.2, 0.25) is 5.88 Å². The Balaban J connectivity index is 0.000000181. The first-order valence-electron chi connectivity index (χ1n) is 21.9. The van der Waals surface area contributed by atoms with E-state index in [-0.39, 0.29) is 24.0 Å². The van der Waals surface area contributed by atoms with Gasteiger partial charge in [0, 0.05) is 66.4 Å². The molecule has 0 bridgehead atoms. The molecule has 0 radical (unpaired) electrons. The van der Waals surface area contributed by atoms with Crippen LogP contribution in [0.3, 0.4) is 0 Å². The van der Waals surface area contributed by atoms with E-state index < -0.39 is 17.0 Å². The molecular formula is C50H54ClFN8O5. The molecule has 0 saturated heterocycles. The van der Waals surface area contributed by atoms with Crippen LogP contribution in [-0.2, 0) is 0 Å². The normalized spacial score (nSPS) is 14.0. The number of fused-ring (bicyclic) bond motifs is 2. The van der Waals surface area contributed by atoms with Gasteiger partial charge in [0.1, 0.15) is 11.6 Å². The maximum atomic E-state index is 13.7. The topological polar surface area (TPSA) is 168 Å². The molecule has 2 fully saturated rings. The number of carbonyl (C=O) groups is 2. The lowest BCUT2D eigenvalue weighted by Gasteiger charge is -2.19. The summed E-state index contributed by atoms with van der Waals surface area (Å²) in [6, 6.07) is 20.8. The summed E-state index contributed by atoms with van der Waals surface area (Å²) in [4.78, 5) is 34.2. The Kier molecular flexibility index (Phi) is 12.8. The molecule has 65 heavy (non-hydrogen) atoms. The largest absolute Gasteiger partial charge is 0.437 e. The van der Waals surface area contributed by atoms with E-state index in [0.717, 1.165) is 51.9 Å². The predicted octanol–water partition coefficient (Wildman–Crippen LogP) is 10.3. The summed E-state index contributed by atoms with van der Waals surface area (Å²) < 4.78 is 22.9. The third-order valence-electron chi connectivity index (χ3n) is 11.3. The Morgan fingerprint density at radius 2 is 1.22 bits per heavy atom. The number of Topliss-reactive ketones (excluding diaryl/α,β-unsaturated/α-hetero) is 2. The van der Waals surface area contributed by atoms with E-state index in [1.165, 1.54) is 25.0 Å². The monoisotopic (exact) mass is 900 g/mol. The van der Waals surface area contributed by atoms with Crippen molar-refractivity contribution in [3.63, 3.8) is 0 Å². The number of ether oxygens (including phenoxy) is 1. The maximum absolute atomic E-state index is 13.7. The van der Waals surface area contributed by atoms with E-state index in [4.69, 9.17) is 16.3 Å². The first kappa shape index (κ1) is 45.4. The Morgan fingerprint density at radius 3 is 1.68 bits per heavy atom. The fourth-order valence-corrected chi connectivity index (χ4v) is 7.71. The molecule has 0 amide bonds. The molecule has 2 aliphatic rings. The fourth-order valence-electron chi connectivity index (χ4n) is 7.52. The molecule has 2 saturated carbocycles. The molecule has 3 aromatic carbocycles. The number of aryl methyl sites for hydroxylation is 2. The van der Waals surface area contributed by atoms with Crippen molar-refractivity contribution >= 4 is 45.8 Å². The van der Waals surface area contributed by atoms with Gasteiger partial charge in [-0.25, -0.2) is 23.4 Å². The van der Waals surface area contributed by atoms with Crippen LogP contribution in [0.25, 0.3) is 33.8 Å². The molecule has 0 spiro atoms. The molecule has 4 aromatic heterocycles. The van der Waals surface area contributed by atoms with Crippen LogP contribution in [0.5, 0.6) is 11.6 Å². The van der Waals surface area contributed by atoms with Gasteiger partial charge in [-0.05, 0) is 114 Å². The average Bonchev–Trinajstić information content (AvgIpc) is 4.15. The van der Waals surface area contributed by atoms with Crippen molar-refractivity contribution in [3.05, 3.63) is 118 Å². The average molecular weight is 901 g/mol. The number of nitrogens with one attached hydrogen (secondary N) is 2. The lowest BCUT2D eigenvalue weighted by Crippen LogP contribution is -2.29. The second-order valence-electron chi connectivity index (χ2n) is 18.6. The number of imidazole rings is 2. The Bertz CT molecular complexity index is 2910. The molecule has 4 heterocycles. The third-order valence-corrected chi connectivity index (χ3v) is 11.5. The molecule has 338 valence electrons. The van der Waals surface area contributed by atoms with Crippen LogP contribution in [-0.4, -0.2) is 75.3 Å². The Labute approximate surface area is 382 Å². The quantitative estimate of drug-likeness (QED) is 0.0681. The standard InChI is InChI=1S/C28H29FN4O3.C22H25ClN4O2/c1-17-11-19(9-10-22(17)25(34)12-18-7-8-18)24-15-30-27-23(31-16-28(2,3)35)14-26(32-33(24)27)36-21-6-4-5-20(29)13-21;1-13-8-15(6-7-16(13)19(28)9-14-4-5-14)18-11-24-21-17(25-12-22(2,3)29)10-20(23)26-27(18)21/h4-6,9-11,13-15,18,31,35H,7-8,12,16H2,1-3H3;6-8,10-11,14,25,29H,4-5,9,12H2,1-3H3. The van der Waals surface area contributed by atoms with Gasteiger partial charge in [0.25, 0.3) is 0 Å². The molecule has 13 nitrogen and oxygen atoms in total. The van der Waals surface area contributed by atoms with Gasteiger partial charge in [-0.3, -0.25) is 9.59 Å². The zero-order valence-corrected chi connectivity index (χ0v) is 38.2. The first-order chi connectivity index (χ1) is 30.9. The minimum atomic E-state index is -0.959. The molecule has 0 atom stereocenters. The van der Waals surface area contributed by atoms with E-state index >= 15 is 0 Å². The summed E-state index contributed by atoms with van der Waals surface area (Å²) in [6.45, 7) is 11.4. The summed E-state index contributed by atoms with van der Waals surface area (Å²) in [6.07, 6.45) is 9.32. The zero-order valence-electron chi connectivity index (χ0n) is 37.5. The second-order valence-corrected chi connectivity index (χ2v) is 19.0. The number of nitrogens with zero attached hydrogens (tertiary/aromatic N) is 6. The van der Waals surface area contributed by atoms with Crippen LogP contribution >= 0.6 is 11.6 Å². The van der Waals surface area contributed by atoms with E-state index in [2.05, 4.69) is 30.8 Å². The summed E-state index contributed by atoms with van der Waals surface area (Å²) in [5.74, 6) is 1.64. The van der Waals surface area contributed by atoms with Crippen LogP contribution in [0.2, 0.25) is 5.15 Å². The van der Waals surface area contributed by atoms with Crippen molar-refractivity contribution in [2.75, 3.05) is 23.7 Å². The van der Waals surface area contributed by atoms with Crippen LogP contribution < -0.4 is 15.4 Å². The number of halogens is 2. The van der Waals surface area contributed by atoms with Gasteiger partial charge < -0.3 is 25.6 Å². The highest BCUT2D eigenvalue weighted by molar-refractivity contribution is 6.29. The van der Waals surface area contributed by atoms with Gasteiger partial charge in [-0.2, -0.15) is 5.10 Å². The van der Waals surface area contributed by atoms with Gasteiger partial charge in [0.15, 0.2) is 28.0 Å². The van der Waals surface area contributed by atoms with Gasteiger partial charge in [-0.15, -0.1) is 5.10 Å². The molecule has 2 aliphatic carbocycles. The van der Waals surface area contributed by atoms with Crippen LogP contribution in [0.1, 0.15) is 98.1 Å². The number of anilines is 2. The number of hydrogen-bond acceptors (Lipinski definition) is 11. The highest BCUT2D eigenvalue weighted by Gasteiger charge is 2.27. The fraction of sp³-hybridized carbons (Fsp3) is 0.360. The van der Waals surface area contributed by atoms with E-state index in [1.807, 2.05) is 50.2 Å². The summed E-state index contributed by atoms with van der Waals surface area (Å²) in [5, 5.41) is 36.0. The molecule has 4 N–H and O–H groups in total. The number of aromatic nitrogens is 6. The van der Waals surface area contributed by atoms with E-state index in [1.54, 1.807) is 73.4 Å². The number of rotatable bonds is 16. The number of carbonyl (C=O) groups excluding carboxylic acids is 2. The van der Waals surface area contributed by atoms with Crippen molar-refractivity contribution in [2.24, 2.45) is 11.8 Å². The lowest BCUT2D eigenvalue weighted by atomic mass is 9.98. The van der Waals surface area contributed by atoms with Crippen molar-refractivity contribution in [3.8, 4) is 34.1 Å². The molecule has 0 unspecified atom stereocenters. The van der Waals surface area contributed by atoms with Gasteiger partial charge >= 0.3 is 0 Å². The molecular weight excluding hydrogens is 847 g/mol. The minimum Gasteiger partial charge on any atom is -0.437 e. The number of ketones is 2. The summed E-state index contributed by atoms with van der Waals surface area (Å²) in [5.41, 5.74) is 7.31. The van der Waals surface area contributed by atoms with Crippen molar-refractivity contribution in [2.45, 2.75) is 91.3 Å². The zero-order chi connectivity index (χ0) is 46.2. The van der Waals surface area contributed by atoms with Crippen LogP contribution in [0.4, 0.5) is 15.8 Å². The minimum absolute atomic E-state index is 0.182. The predicted molar refractivity (Wildman–Crippen MR) is 251 cm³/mol. The third kappa shape index (κ3) is 11.4. The first-order valence-corrected chi connectivity index (χ1v) is 22.3. The van der Waals surface area contributed by atoms with Crippen molar-refractivity contribution in [1.29, 1.82) is 0 Å². The summed E-state index contributed by atoms with van der Waals surface area (Å²) in [7, 11) is 0. The van der Waals surface area contributed by atoms with Gasteiger partial charge in [-0.1, -0.05) is 41.9 Å². The number of benzene rings is 3. The van der Waals surface area contributed by atoms with Crippen LogP contribution in [0, 0.1) is 31.5 Å². The lowest BCUT2D eigenvalue weighted by molar-refractivity contribution is 0.0939. The SMILES string of the molecule is Cc1cc(-c2cnc3c(NCC(C)(C)O)cc(Cl)nn23)ccc1C(=O)CC1CC1.Cc1cc(-c2cnc3c(NCC(C)(C)O)cc(Oc4cccc(F)c4)nn23)ccc1C(=O)CC1CC1. The van der Waals surface area contributed by atoms with Gasteiger partial charge in [0.05, 0.1) is 46.4 Å². The molecule has 9 rings (SSSR count). The smallest absolute Gasteiger partial charge is 0.239 e. The second kappa shape index (κ2) is 18.3. The van der Waals surface area contributed by atoms with E-state index in [0.29, 0.717) is 70.5 Å². The highest BCUT2D eigenvalue weighted by Crippen LogP contribution is 2.36. The summed E-state index contributed by atoms with van der Waals surface area (Å²) >= 11 is 6.24. The molecule has 7 aromatic rings. The Hall–Kier alpha value is -6.22. The number of aliphatic hydroxyl groups is 2. The Morgan fingerprint density at radius 1 is 0.723 bits per heavy atom. The maximum Gasteiger partial charge on any atom is 0.239 e. The van der Waals surface area contributed by atoms with Crippen molar-refractivity contribution < 1.29 is 28.9 Å². The number of hydrogen-bond donors (Lipinski definition) is 4. The molecule has 15 heteroatoms. The van der Waals surface area contributed by atoms with Crippen LogP contribution in [0.15, 0.2) is 85.2 Å².